The summed E-state index contributed by atoms with van der Waals surface area (Å²) in [6.07, 6.45) is 2.93. The lowest BCUT2D eigenvalue weighted by atomic mass is 10.0. The highest BCUT2D eigenvalue weighted by Crippen LogP contribution is 2.34. The largest absolute Gasteiger partial charge is 0.493 e. The van der Waals surface area contributed by atoms with E-state index < -0.39 is 0 Å². The molecular formula is C15H19BrN2O2. The van der Waals surface area contributed by atoms with Crippen LogP contribution in [0.15, 0.2) is 16.6 Å². The van der Waals surface area contributed by atoms with Gasteiger partial charge in [0.05, 0.1) is 12.6 Å². The van der Waals surface area contributed by atoms with Crippen molar-refractivity contribution in [1.82, 2.24) is 10.2 Å². The van der Waals surface area contributed by atoms with Crippen LogP contribution in [0.1, 0.15) is 24.0 Å². The van der Waals surface area contributed by atoms with Crippen molar-refractivity contribution in [3.05, 3.63) is 27.7 Å². The Hall–Kier alpha value is -1.07. The second kappa shape index (κ2) is 5.74. The van der Waals surface area contributed by atoms with Crippen LogP contribution >= 0.6 is 15.9 Å². The third-order valence-electron chi connectivity index (χ3n) is 4.07. The van der Waals surface area contributed by atoms with Gasteiger partial charge in [-0.05, 0) is 37.6 Å². The topological polar surface area (TPSA) is 41.6 Å². The van der Waals surface area contributed by atoms with Gasteiger partial charge in [0.2, 0.25) is 5.91 Å². The number of benzene rings is 1. The molecule has 1 fully saturated rings. The Morgan fingerprint density at radius 2 is 2.35 bits per heavy atom. The lowest BCUT2D eigenvalue weighted by molar-refractivity contribution is -0.136. The fourth-order valence-electron chi connectivity index (χ4n) is 3.03. The third kappa shape index (κ3) is 2.56. The molecule has 0 saturated carbocycles. The van der Waals surface area contributed by atoms with E-state index in [0.29, 0.717) is 6.54 Å². The van der Waals surface area contributed by atoms with Gasteiger partial charge in [0, 0.05) is 29.5 Å². The molecule has 5 heteroatoms. The number of hydrogen-bond donors (Lipinski definition) is 1. The van der Waals surface area contributed by atoms with Gasteiger partial charge in [-0.25, -0.2) is 0 Å². The van der Waals surface area contributed by atoms with Crippen molar-refractivity contribution in [3.63, 3.8) is 0 Å². The van der Waals surface area contributed by atoms with E-state index in [1.54, 1.807) is 0 Å². The number of likely N-dealkylation sites (tertiary alicyclic amines) is 1. The molecule has 1 atom stereocenters. The molecule has 1 N–H and O–H groups in total. The zero-order valence-corrected chi connectivity index (χ0v) is 13.2. The molecule has 1 aromatic rings. The molecule has 0 radical (unpaired) electrons. The molecule has 4 nitrogen and oxygen atoms in total. The predicted octanol–water partition coefficient (Wildman–Crippen LogP) is 2.09. The minimum atomic E-state index is -0.0372. The Bertz CT molecular complexity index is 533. The number of rotatable bonds is 3. The van der Waals surface area contributed by atoms with Crippen molar-refractivity contribution < 1.29 is 9.53 Å². The molecule has 0 aromatic heterocycles. The minimum absolute atomic E-state index is 0.0372. The Morgan fingerprint density at radius 1 is 1.50 bits per heavy atom. The summed E-state index contributed by atoms with van der Waals surface area (Å²) in [5, 5.41) is 3.10. The van der Waals surface area contributed by atoms with Crippen LogP contribution in [-0.2, 0) is 17.8 Å². The summed E-state index contributed by atoms with van der Waals surface area (Å²) in [7, 11) is 1.85. The molecule has 0 bridgehead atoms. The van der Waals surface area contributed by atoms with Crippen molar-refractivity contribution in [3.8, 4) is 5.75 Å². The van der Waals surface area contributed by atoms with E-state index in [2.05, 4.69) is 33.4 Å². The Balaban J connectivity index is 1.83. The summed E-state index contributed by atoms with van der Waals surface area (Å²) in [6.45, 7) is 2.21. The number of piperidine rings is 1. The summed E-state index contributed by atoms with van der Waals surface area (Å²) < 4.78 is 6.80. The van der Waals surface area contributed by atoms with Crippen LogP contribution in [-0.4, -0.2) is 37.0 Å². The van der Waals surface area contributed by atoms with Crippen LogP contribution in [0.4, 0.5) is 0 Å². The second-order valence-electron chi connectivity index (χ2n) is 5.39. The van der Waals surface area contributed by atoms with Crippen LogP contribution in [0.25, 0.3) is 0 Å². The maximum absolute atomic E-state index is 12.4. The number of fused-ring (bicyclic) bond motifs is 1. The molecule has 2 aliphatic rings. The van der Waals surface area contributed by atoms with Crippen LogP contribution in [0.2, 0.25) is 0 Å². The quantitative estimate of drug-likeness (QED) is 0.917. The molecule has 1 amide bonds. The molecule has 2 heterocycles. The Kier molecular flexibility index (Phi) is 3.98. The molecule has 1 saturated heterocycles. The number of hydrogen-bond acceptors (Lipinski definition) is 3. The molecule has 2 aliphatic heterocycles. The first-order chi connectivity index (χ1) is 9.69. The van der Waals surface area contributed by atoms with Crippen LogP contribution in [0, 0.1) is 0 Å². The average molecular weight is 339 g/mol. The normalized spacial score (nSPS) is 21.8. The van der Waals surface area contributed by atoms with Crippen molar-refractivity contribution >= 4 is 21.8 Å². The highest BCUT2D eigenvalue weighted by Gasteiger charge is 2.28. The van der Waals surface area contributed by atoms with E-state index in [0.717, 1.165) is 48.2 Å². The molecular weight excluding hydrogens is 320 g/mol. The smallest absolute Gasteiger partial charge is 0.239 e. The lowest BCUT2D eigenvalue weighted by Gasteiger charge is -2.32. The van der Waals surface area contributed by atoms with Gasteiger partial charge < -0.3 is 15.0 Å². The second-order valence-corrected chi connectivity index (χ2v) is 6.31. The summed E-state index contributed by atoms with van der Waals surface area (Å²) in [5.74, 6) is 1.18. The van der Waals surface area contributed by atoms with Gasteiger partial charge in [0.15, 0.2) is 0 Å². The van der Waals surface area contributed by atoms with Crippen molar-refractivity contribution in [2.24, 2.45) is 0 Å². The van der Waals surface area contributed by atoms with E-state index in [1.165, 1.54) is 5.56 Å². The number of carbonyl (C=O) groups is 1. The zero-order valence-electron chi connectivity index (χ0n) is 11.6. The predicted molar refractivity (Wildman–Crippen MR) is 80.8 cm³/mol. The van der Waals surface area contributed by atoms with Gasteiger partial charge in [0.25, 0.3) is 0 Å². The fraction of sp³-hybridized carbons (Fsp3) is 0.533. The number of halogens is 1. The summed E-state index contributed by atoms with van der Waals surface area (Å²) in [4.78, 5) is 14.3. The Labute approximate surface area is 127 Å². The fourth-order valence-corrected chi connectivity index (χ4v) is 3.59. The molecule has 3 rings (SSSR count). The molecule has 0 aliphatic carbocycles. The van der Waals surface area contributed by atoms with Gasteiger partial charge in [-0.15, -0.1) is 0 Å². The molecule has 108 valence electrons. The van der Waals surface area contributed by atoms with E-state index in [1.807, 2.05) is 11.9 Å². The van der Waals surface area contributed by atoms with Crippen LogP contribution in [0.3, 0.4) is 0 Å². The SMILES string of the molecule is CNC1CCCN(Cc2cc(Br)cc3c2OCC3)C1=O. The van der Waals surface area contributed by atoms with Gasteiger partial charge in [-0.1, -0.05) is 15.9 Å². The van der Waals surface area contributed by atoms with Gasteiger partial charge in [0.1, 0.15) is 5.75 Å². The van der Waals surface area contributed by atoms with E-state index >= 15 is 0 Å². The first-order valence-electron chi connectivity index (χ1n) is 7.09. The molecule has 0 spiro atoms. The van der Waals surface area contributed by atoms with E-state index in [9.17, 15) is 4.79 Å². The number of nitrogens with one attached hydrogen (secondary N) is 1. The number of ether oxygens (including phenoxy) is 1. The standard InChI is InChI=1S/C15H19BrN2O2/c1-17-13-3-2-5-18(15(13)19)9-11-8-12(16)7-10-4-6-20-14(10)11/h7-8,13,17H,2-6,9H2,1H3. The number of likely N-dealkylation sites (N-methyl/N-ethyl adjacent to an activating group) is 1. The highest BCUT2D eigenvalue weighted by atomic mass is 79.9. The summed E-state index contributed by atoms with van der Waals surface area (Å²) >= 11 is 3.55. The highest BCUT2D eigenvalue weighted by molar-refractivity contribution is 9.10. The van der Waals surface area contributed by atoms with Crippen molar-refractivity contribution in [1.29, 1.82) is 0 Å². The van der Waals surface area contributed by atoms with Gasteiger partial charge >= 0.3 is 0 Å². The van der Waals surface area contributed by atoms with Gasteiger partial charge in [-0.3, -0.25) is 4.79 Å². The Morgan fingerprint density at radius 3 is 3.15 bits per heavy atom. The summed E-state index contributed by atoms with van der Waals surface area (Å²) in [5.41, 5.74) is 2.35. The zero-order chi connectivity index (χ0) is 14.1. The first-order valence-corrected chi connectivity index (χ1v) is 7.88. The monoisotopic (exact) mass is 338 g/mol. The number of nitrogens with zero attached hydrogens (tertiary/aromatic N) is 1. The van der Waals surface area contributed by atoms with Gasteiger partial charge in [-0.2, -0.15) is 0 Å². The maximum Gasteiger partial charge on any atom is 0.239 e. The minimum Gasteiger partial charge on any atom is -0.493 e. The molecule has 1 aromatic carbocycles. The third-order valence-corrected chi connectivity index (χ3v) is 4.52. The van der Waals surface area contributed by atoms with Crippen molar-refractivity contribution in [2.75, 3.05) is 20.2 Å². The van der Waals surface area contributed by atoms with Crippen LogP contribution < -0.4 is 10.1 Å². The van der Waals surface area contributed by atoms with E-state index in [4.69, 9.17) is 4.74 Å². The number of carbonyl (C=O) groups excluding carboxylic acids is 1. The maximum atomic E-state index is 12.4. The van der Waals surface area contributed by atoms with Crippen LogP contribution in [0.5, 0.6) is 5.75 Å². The summed E-state index contributed by atoms with van der Waals surface area (Å²) in [6, 6.07) is 4.14. The average Bonchev–Trinajstić information content (AvgIpc) is 2.89. The molecule has 1 unspecified atom stereocenters. The van der Waals surface area contributed by atoms with E-state index in [-0.39, 0.29) is 11.9 Å². The van der Waals surface area contributed by atoms with Crippen molar-refractivity contribution in [2.45, 2.75) is 31.8 Å². The number of amides is 1. The first kappa shape index (κ1) is 13.9. The lowest BCUT2D eigenvalue weighted by Crippen LogP contribution is -2.49. The molecule has 20 heavy (non-hydrogen) atoms.